The van der Waals surface area contributed by atoms with Crippen molar-refractivity contribution in [3.8, 4) is 0 Å². The monoisotopic (exact) mass is 332 g/mol. The topological polar surface area (TPSA) is 58.2 Å². The van der Waals surface area contributed by atoms with Crippen LogP contribution in [0.2, 0.25) is 0 Å². The molecule has 0 spiro atoms. The van der Waals surface area contributed by atoms with Crippen molar-refractivity contribution in [2.24, 2.45) is 0 Å². The van der Waals surface area contributed by atoms with Crippen LogP contribution in [0.4, 0.5) is 4.39 Å². The molecule has 1 aromatic carbocycles. The third-order valence-electron chi connectivity index (χ3n) is 4.12. The zero-order chi connectivity index (χ0) is 17.2. The first-order valence-corrected chi connectivity index (χ1v) is 8.59. The molecule has 4 nitrogen and oxygen atoms in total. The van der Waals surface area contributed by atoms with Gasteiger partial charge in [-0.1, -0.05) is 23.8 Å². The van der Waals surface area contributed by atoms with E-state index in [1.807, 2.05) is 0 Å². The molecular weight excluding hydrogens is 307 g/mol. The van der Waals surface area contributed by atoms with Gasteiger partial charge in [-0.05, 0) is 56.2 Å². The second-order valence-corrected chi connectivity index (χ2v) is 6.11. The molecule has 5 heteroatoms. The highest BCUT2D eigenvalue weighted by Gasteiger charge is 2.09. The number of hydrogen-bond acceptors (Lipinski definition) is 2. The Morgan fingerprint density at radius 1 is 0.958 bits per heavy atom. The van der Waals surface area contributed by atoms with Gasteiger partial charge in [0.25, 0.3) is 0 Å². The molecule has 0 saturated heterocycles. The summed E-state index contributed by atoms with van der Waals surface area (Å²) in [6.07, 6.45) is 8.35. The summed E-state index contributed by atoms with van der Waals surface area (Å²) in [4.78, 5) is 23.5. The van der Waals surface area contributed by atoms with Crippen LogP contribution in [0.3, 0.4) is 0 Å². The summed E-state index contributed by atoms with van der Waals surface area (Å²) in [5, 5.41) is 5.50. The predicted octanol–water partition coefficient (Wildman–Crippen LogP) is 2.88. The Morgan fingerprint density at radius 2 is 1.62 bits per heavy atom. The van der Waals surface area contributed by atoms with Gasteiger partial charge in [-0.15, -0.1) is 0 Å². The summed E-state index contributed by atoms with van der Waals surface area (Å²) in [5.74, 6) is -0.805. The summed E-state index contributed by atoms with van der Waals surface area (Å²) < 4.78 is 12.8. The zero-order valence-electron chi connectivity index (χ0n) is 13.9. The molecule has 0 heterocycles. The molecule has 130 valence electrons. The van der Waals surface area contributed by atoms with Gasteiger partial charge in [-0.2, -0.15) is 0 Å². The van der Waals surface area contributed by atoms with Gasteiger partial charge in [0.15, 0.2) is 0 Å². The van der Waals surface area contributed by atoms with E-state index in [0.29, 0.717) is 19.5 Å². The summed E-state index contributed by atoms with van der Waals surface area (Å²) in [7, 11) is 0. The number of nitrogens with one attached hydrogen (secondary N) is 2. The molecule has 2 amide bonds. The van der Waals surface area contributed by atoms with Crippen molar-refractivity contribution in [3.05, 3.63) is 47.3 Å². The molecule has 24 heavy (non-hydrogen) atoms. The van der Waals surface area contributed by atoms with Crippen molar-refractivity contribution < 1.29 is 14.0 Å². The normalized spacial score (nSPS) is 14.0. The van der Waals surface area contributed by atoms with Crippen LogP contribution in [-0.2, 0) is 16.0 Å². The van der Waals surface area contributed by atoms with Gasteiger partial charge < -0.3 is 10.6 Å². The quantitative estimate of drug-likeness (QED) is 0.568. The van der Waals surface area contributed by atoms with E-state index in [9.17, 15) is 14.0 Å². The molecule has 0 bridgehead atoms. The SMILES string of the molecule is O=C(CC(=O)NCCc1ccc(F)cc1)NCCC1=CCCCC1. The molecule has 0 aromatic heterocycles. The van der Waals surface area contributed by atoms with E-state index in [0.717, 1.165) is 24.8 Å². The van der Waals surface area contributed by atoms with Crippen LogP contribution in [0.25, 0.3) is 0 Å². The minimum atomic E-state index is -0.286. The third-order valence-corrected chi connectivity index (χ3v) is 4.12. The van der Waals surface area contributed by atoms with E-state index in [4.69, 9.17) is 0 Å². The number of allylic oxidation sites excluding steroid dienone is 1. The lowest BCUT2D eigenvalue weighted by molar-refractivity contribution is -0.129. The number of halogens is 1. The molecule has 0 unspecified atom stereocenters. The molecule has 1 aromatic rings. The average Bonchev–Trinajstić information content (AvgIpc) is 2.57. The van der Waals surface area contributed by atoms with E-state index >= 15 is 0 Å². The highest BCUT2D eigenvalue weighted by molar-refractivity contribution is 5.96. The van der Waals surface area contributed by atoms with Crippen LogP contribution in [0.5, 0.6) is 0 Å². The number of rotatable bonds is 8. The molecule has 1 aliphatic carbocycles. The van der Waals surface area contributed by atoms with Gasteiger partial charge >= 0.3 is 0 Å². The molecule has 0 saturated carbocycles. The van der Waals surface area contributed by atoms with Crippen LogP contribution in [0.15, 0.2) is 35.9 Å². The fourth-order valence-corrected chi connectivity index (χ4v) is 2.76. The smallest absolute Gasteiger partial charge is 0.229 e. The Bertz CT molecular complexity index is 582. The lowest BCUT2D eigenvalue weighted by atomic mass is 9.97. The minimum Gasteiger partial charge on any atom is -0.355 e. The standard InChI is InChI=1S/C19H25FN2O2/c20-17-8-6-16(7-9-17)11-13-22-19(24)14-18(23)21-12-10-15-4-2-1-3-5-15/h4,6-9H,1-3,5,10-14H2,(H,21,23)(H,22,24). The summed E-state index contributed by atoms with van der Waals surface area (Å²) in [5.41, 5.74) is 2.35. The van der Waals surface area contributed by atoms with Crippen LogP contribution >= 0.6 is 0 Å². The van der Waals surface area contributed by atoms with Gasteiger partial charge in [0.05, 0.1) is 0 Å². The van der Waals surface area contributed by atoms with Crippen molar-refractivity contribution in [3.63, 3.8) is 0 Å². The Kier molecular flexibility index (Phi) is 7.46. The first kappa shape index (κ1) is 18.2. The van der Waals surface area contributed by atoms with Crippen LogP contribution in [-0.4, -0.2) is 24.9 Å². The second kappa shape index (κ2) is 9.85. The third kappa shape index (κ3) is 6.94. The zero-order valence-corrected chi connectivity index (χ0v) is 13.9. The summed E-state index contributed by atoms with van der Waals surface area (Å²) in [6.45, 7) is 1.03. The average molecular weight is 332 g/mol. The predicted molar refractivity (Wildman–Crippen MR) is 91.9 cm³/mol. The van der Waals surface area contributed by atoms with Gasteiger partial charge in [0, 0.05) is 13.1 Å². The molecule has 0 atom stereocenters. The molecule has 2 rings (SSSR count). The van der Waals surface area contributed by atoms with E-state index in [1.165, 1.54) is 30.5 Å². The van der Waals surface area contributed by atoms with E-state index < -0.39 is 0 Å². The van der Waals surface area contributed by atoms with Gasteiger partial charge in [0.2, 0.25) is 11.8 Å². The van der Waals surface area contributed by atoms with Crippen LogP contribution in [0, 0.1) is 5.82 Å². The van der Waals surface area contributed by atoms with Gasteiger partial charge in [-0.25, -0.2) is 4.39 Å². The van der Waals surface area contributed by atoms with E-state index in [1.54, 1.807) is 12.1 Å². The lowest BCUT2D eigenvalue weighted by Crippen LogP contribution is -2.33. The number of benzene rings is 1. The number of carbonyl (C=O) groups is 2. The van der Waals surface area contributed by atoms with E-state index in [2.05, 4.69) is 16.7 Å². The van der Waals surface area contributed by atoms with Crippen molar-refractivity contribution in [1.29, 1.82) is 0 Å². The maximum absolute atomic E-state index is 12.8. The first-order valence-electron chi connectivity index (χ1n) is 8.59. The van der Waals surface area contributed by atoms with Gasteiger partial charge in [0.1, 0.15) is 12.2 Å². The Balaban J connectivity index is 1.56. The Hall–Kier alpha value is -2.17. The highest BCUT2D eigenvalue weighted by Crippen LogP contribution is 2.19. The van der Waals surface area contributed by atoms with Crippen LogP contribution in [0.1, 0.15) is 44.1 Å². The number of carbonyl (C=O) groups excluding carboxylic acids is 2. The summed E-state index contributed by atoms with van der Waals surface area (Å²) >= 11 is 0. The lowest BCUT2D eigenvalue weighted by Gasteiger charge is -2.13. The fraction of sp³-hybridized carbons (Fsp3) is 0.474. The maximum Gasteiger partial charge on any atom is 0.229 e. The molecule has 0 fully saturated rings. The Labute approximate surface area is 142 Å². The Morgan fingerprint density at radius 3 is 2.25 bits per heavy atom. The molecule has 0 aliphatic heterocycles. The first-order chi connectivity index (χ1) is 11.6. The molecule has 1 aliphatic rings. The molecule has 0 radical (unpaired) electrons. The van der Waals surface area contributed by atoms with Crippen LogP contribution < -0.4 is 10.6 Å². The number of hydrogen-bond donors (Lipinski definition) is 2. The minimum absolute atomic E-state index is 0.150. The van der Waals surface area contributed by atoms with Crippen molar-refractivity contribution in [1.82, 2.24) is 10.6 Å². The fourth-order valence-electron chi connectivity index (χ4n) is 2.76. The second-order valence-electron chi connectivity index (χ2n) is 6.11. The molecular formula is C19H25FN2O2. The highest BCUT2D eigenvalue weighted by atomic mass is 19.1. The van der Waals surface area contributed by atoms with E-state index in [-0.39, 0.29) is 24.1 Å². The van der Waals surface area contributed by atoms with Gasteiger partial charge in [-0.3, -0.25) is 9.59 Å². The van der Waals surface area contributed by atoms with Crippen molar-refractivity contribution in [2.75, 3.05) is 13.1 Å². The largest absolute Gasteiger partial charge is 0.355 e. The maximum atomic E-state index is 12.8. The van der Waals surface area contributed by atoms with Crippen molar-refractivity contribution >= 4 is 11.8 Å². The summed E-state index contributed by atoms with van der Waals surface area (Å²) in [6, 6.07) is 6.17. The molecule has 2 N–H and O–H groups in total. The number of amides is 2. The van der Waals surface area contributed by atoms with Crippen molar-refractivity contribution in [2.45, 2.75) is 44.9 Å².